The molecule has 0 spiro atoms. The molecule has 1 aliphatic carbocycles. The van der Waals surface area contributed by atoms with Gasteiger partial charge in [0, 0.05) is 13.0 Å². The molecule has 1 unspecified atom stereocenters. The molecule has 1 saturated carbocycles. The molecule has 0 amide bonds. The van der Waals surface area contributed by atoms with Gasteiger partial charge in [-0.1, -0.05) is 26.0 Å². The fourth-order valence-corrected chi connectivity index (χ4v) is 3.81. The lowest BCUT2D eigenvalue weighted by Gasteiger charge is -2.43. The van der Waals surface area contributed by atoms with Gasteiger partial charge in [-0.15, -0.1) is 0 Å². The summed E-state index contributed by atoms with van der Waals surface area (Å²) in [6.45, 7) is 13.7. The molecule has 0 aromatic carbocycles. The second-order valence-electron chi connectivity index (χ2n) is 6.15. The molecule has 1 aliphatic heterocycles. The Morgan fingerprint density at radius 1 is 1.53 bits per heavy atom. The Labute approximate surface area is 105 Å². The molecule has 2 rings (SSSR count). The third-order valence-corrected chi connectivity index (χ3v) is 4.74. The summed E-state index contributed by atoms with van der Waals surface area (Å²) in [6, 6.07) is 0. The molecule has 0 aromatic rings. The van der Waals surface area contributed by atoms with Crippen molar-refractivity contribution < 1.29 is 9.47 Å². The zero-order chi connectivity index (χ0) is 12.6. The van der Waals surface area contributed by atoms with Crippen LogP contribution in [0.2, 0.25) is 0 Å². The highest BCUT2D eigenvalue weighted by Gasteiger charge is 2.52. The standard InChI is InChI=1S/C15H26O2/c1-6-16-13-9-15(5)8-7-12(10(2)3)11(4)14(15)17-13/h11-14H,2,6-9H2,1,3-5H3/t11-,12-,13?,14+,15+/m0/s1. The van der Waals surface area contributed by atoms with E-state index < -0.39 is 0 Å². The molecular weight excluding hydrogens is 212 g/mol. The summed E-state index contributed by atoms with van der Waals surface area (Å²) in [5, 5.41) is 0. The molecule has 1 saturated heterocycles. The fraction of sp³-hybridized carbons (Fsp3) is 0.867. The first kappa shape index (κ1) is 13.1. The Hall–Kier alpha value is -0.340. The van der Waals surface area contributed by atoms with E-state index in [-0.39, 0.29) is 6.29 Å². The summed E-state index contributed by atoms with van der Waals surface area (Å²) in [6.07, 6.45) is 3.91. The second kappa shape index (κ2) is 4.74. The number of hydrogen-bond acceptors (Lipinski definition) is 2. The Balaban J connectivity index is 2.11. The molecule has 17 heavy (non-hydrogen) atoms. The van der Waals surface area contributed by atoms with Crippen LogP contribution in [0.5, 0.6) is 0 Å². The zero-order valence-corrected chi connectivity index (χ0v) is 11.7. The van der Waals surface area contributed by atoms with Gasteiger partial charge in [0.15, 0.2) is 6.29 Å². The summed E-state index contributed by atoms with van der Waals surface area (Å²) in [4.78, 5) is 0. The minimum absolute atomic E-state index is 0.0151. The van der Waals surface area contributed by atoms with Crippen LogP contribution in [0.15, 0.2) is 12.2 Å². The molecule has 0 N–H and O–H groups in total. The molecule has 2 aliphatic rings. The van der Waals surface area contributed by atoms with Crippen molar-refractivity contribution in [3.8, 4) is 0 Å². The summed E-state index contributed by atoms with van der Waals surface area (Å²) in [5.74, 6) is 1.19. The van der Waals surface area contributed by atoms with Crippen LogP contribution in [0.4, 0.5) is 0 Å². The zero-order valence-electron chi connectivity index (χ0n) is 11.7. The Morgan fingerprint density at radius 3 is 2.82 bits per heavy atom. The molecule has 0 radical (unpaired) electrons. The van der Waals surface area contributed by atoms with Gasteiger partial charge in [0.2, 0.25) is 0 Å². The minimum atomic E-state index is 0.0151. The van der Waals surface area contributed by atoms with Crippen LogP contribution in [-0.4, -0.2) is 19.0 Å². The van der Waals surface area contributed by atoms with E-state index in [1.807, 2.05) is 6.92 Å². The van der Waals surface area contributed by atoms with Crippen LogP contribution in [0.25, 0.3) is 0 Å². The largest absolute Gasteiger partial charge is 0.353 e. The molecule has 2 fully saturated rings. The Bertz CT molecular complexity index is 299. The fourth-order valence-electron chi connectivity index (χ4n) is 3.81. The van der Waals surface area contributed by atoms with Gasteiger partial charge in [-0.25, -0.2) is 0 Å². The average molecular weight is 238 g/mol. The first-order chi connectivity index (χ1) is 7.98. The van der Waals surface area contributed by atoms with Gasteiger partial charge in [-0.2, -0.15) is 0 Å². The van der Waals surface area contributed by atoms with Gasteiger partial charge in [-0.3, -0.25) is 0 Å². The third kappa shape index (κ3) is 2.30. The Morgan fingerprint density at radius 2 is 2.24 bits per heavy atom. The average Bonchev–Trinajstić information content (AvgIpc) is 2.56. The molecule has 0 bridgehead atoms. The molecule has 5 atom stereocenters. The lowest BCUT2D eigenvalue weighted by atomic mass is 9.63. The maximum absolute atomic E-state index is 6.14. The predicted molar refractivity (Wildman–Crippen MR) is 69.7 cm³/mol. The van der Waals surface area contributed by atoms with Crippen molar-refractivity contribution in [2.75, 3.05) is 6.61 Å². The van der Waals surface area contributed by atoms with Crippen molar-refractivity contribution >= 4 is 0 Å². The molecular formula is C15H26O2. The van der Waals surface area contributed by atoms with Crippen LogP contribution in [0.1, 0.15) is 47.0 Å². The van der Waals surface area contributed by atoms with Gasteiger partial charge in [0.05, 0.1) is 6.10 Å². The number of fused-ring (bicyclic) bond motifs is 1. The van der Waals surface area contributed by atoms with E-state index >= 15 is 0 Å². The van der Waals surface area contributed by atoms with Crippen molar-refractivity contribution in [1.82, 2.24) is 0 Å². The van der Waals surface area contributed by atoms with E-state index in [9.17, 15) is 0 Å². The highest BCUT2D eigenvalue weighted by molar-refractivity contribution is 5.07. The van der Waals surface area contributed by atoms with Crippen molar-refractivity contribution in [2.24, 2.45) is 17.3 Å². The number of rotatable bonds is 3. The van der Waals surface area contributed by atoms with Crippen LogP contribution in [0, 0.1) is 17.3 Å². The minimum Gasteiger partial charge on any atom is -0.353 e. The SMILES string of the molecule is C=C(C)[C@@H]1CC[C@]2(C)CC(OCC)O[C@@H]2[C@H]1C. The van der Waals surface area contributed by atoms with E-state index in [4.69, 9.17) is 9.47 Å². The predicted octanol–water partition coefficient (Wildman–Crippen LogP) is 3.77. The lowest BCUT2D eigenvalue weighted by Crippen LogP contribution is -2.42. The first-order valence-corrected chi connectivity index (χ1v) is 6.90. The molecule has 0 aromatic heterocycles. The molecule has 2 heteroatoms. The Kier molecular flexibility index (Phi) is 3.65. The number of ether oxygens (including phenoxy) is 2. The smallest absolute Gasteiger partial charge is 0.158 e. The van der Waals surface area contributed by atoms with Gasteiger partial charge in [-0.05, 0) is 43.9 Å². The lowest BCUT2D eigenvalue weighted by molar-refractivity contribution is -0.151. The second-order valence-corrected chi connectivity index (χ2v) is 6.15. The van der Waals surface area contributed by atoms with Crippen molar-refractivity contribution in [3.05, 3.63) is 12.2 Å². The summed E-state index contributed by atoms with van der Waals surface area (Å²) in [5.41, 5.74) is 1.62. The monoisotopic (exact) mass is 238 g/mol. The van der Waals surface area contributed by atoms with E-state index in [0.717, 1.165) is 13.0 Å². The van der Waals surface area contributed by atoms with Crippen molar-refractivity contribution in [3.63, 3.8) is 0 Å². The van der Waals surface area contributed by atoms with Gasteiger partial charge >= 0.3 is 0 Å². The van der Waals surface area contributed by atoms with Crippen molar-refractivity contribution in [2.45, 2.75) is 59.4 Å². The summed E-state index contributed by atoms with van der Waals surface area (Å²) < 4.78 is 11.8. The maximum atomic E-state index is 6.14. The van der Waals surface area contributed by atoms with Crippen LogP contribution in [0.3, 0.4) is 0 Å². The molecule has 98 valence electrons. The molecule has 1 heterocycles. The van der Waals surface area contributed by atoms with Gasteiger partial charge in [0.1, 0.15) is 0 Å². The summed E-state index contributed by atoms with van der Waals surface area (Å²) in [7, 11) is 0. The van der Waals surface area contributed by atoms with Gasteiger partial charge < -0.3 is 9.47 Å². The van der Waals surface area contributed by atoms with Crippen LogP contribution < -0.4 is 0 Å². The highest BCUT2D eigenvalue weighted by atomic mass is 16.7. The van der Waals surface area contributed by atoms with E-state index in [1.54, 1.807) is 0 Å². The summed E-state index contributed by atoms with van der Waals surface area (Å²) >= 11 is 0. The van der Waals surface area contributed by atoms with E-state index in [0.29, 0.717) is 23.4 Å². The van der Waals surface area contributed by atoms with E-state index in [1.165, 1.54) is 18.4 Å². The van der Waals surface area contributed by atoms with Crippen LogP contribution in [-0.2, 0) is 9.47 Å². The van der Waals surface area contributed by atoms with Gasteiger partial charge in [0.25, 0.3) is 0 Å². The number of hydrogen-bond donors (Lipinski definition) is 0. The normalized spacial score (nSPS) is 45.6. The number of allylic oxidation sites excluding steroid dienone is 1. The third-order valence-electron chi connectivity index (χ3n) is 4.74. The van der Waals surface area contributed by atoms with E-state index in [2.05, 4.69) is 27.4 Å². The van der Waals surface area contributed by atoms with Crippen LogP contribution >= 0.6 is 0 Å². The van der Waals surface area contributed by atoms with Crippen molar-refractivity contribution in [1.29, 1.82) is 0 Å². The first-order valence-electron chi connectivity index (χ1n) is 6.90. The molecule has 2 nitrogen and oxygen atoms in total. The maximum Gasteiger partial charge on any atom is 0.158 e. The quantitative estimate of drug-likeness (QED) is 0.697. The highest BCUT2D eigenvalue weighted by Crippen LogP contribution is 2.53. The topological polar surface area (TPSA) is 18.5 Å².